The number of likely N-dealkylation sites (tertiary alicyclic amines) is 1. The molecule has 1 aliphatic heterocycles. The zero-order valence-electron chi connectivity index (χ0n) is 13.3. The summed E-state index contributed by atoms with van der Waals surface area (Å²) in [5, 5.41) is 7.58. The average molecular weight is 296 g/mol. The van der Waals surface area contributed by atoms with Gasteiger partial charge in [-0.15, -0.1) is 0 Å². The SMILES string of the molecule is C[C@H](c1cccc(-c2n[nH]c(C3CCC3)n2)c1)N1CCCC1. The number of nitrogens with one attached hydrogen (secondary N) is 1. The Hall–Kier alpha value is -1.68. The molecule has 1 atom stereocenters. The second-order valence-electron chi connectivity index (χ2n) is 6.72. The maximum absolute atomic E-state index is 4.72. The molecule has 1 N–H and O–H groups in total. The van der Waals surface area contributed by atoms with Gasteiger partial charge in [0.25, 0.3) is 0 Å². The van der Waals surface area contributed by atoms with Gasteiger partial charge in [-0.25, -0.2) is 4.98 Å². The molecular weight excluding hydrogens is 272 g/mol. The maximum atomic E-state index is 4.72. The van der Waals surface area contributed by atoms with Crippen LogP contribution in [0.5, 0.6) is 0 Å². The van der Waals surface area contributed by atoms with Gasteiger partial charge in [-0.3, -0.25) is 10.00 Å². The van der Waals surface area contributed by atoms with Crippen LogP contribution in [-0.2, 0) is 0 Å². The number of benzene rings is 1. The largest absolute Gasteiger partial charge is 0.297 e. The van der Waals surface area contributed by atoms with E-state index in [9.17, 15) is 0 Å². The second kappa shape index (κ2) is 5.84. The number of hydrogen-bond donors (Lipinski definition) is 1. The number of H-pyrrole nitrogens is 1. The highest BCUT2D eigenvalue weighted by Gasteiger charge is 2.24. The standard InChI is InChI=1S/C18H24N4/c1-13(22-10-2-3-11-22)15-8-5-9-16(12-15)18-19-17(20-21-18)14-6-4-7-14/h5,8-9,12-14H,2-4,6-7,10-11H2,1H3,(H,19,20,21)/t13-/m1/s1. The lowest BCUT2D eigenvalue weighted by atomic mass is 9.85. The molecule has 4 heteroatoms. The molecule has 4 rings (SSSR count). The summed E-state index contributed by atoms with van der Waals surface area (Å²) in [6.45, 7) is 4.75. The maximum Gasteiger partial charge on any atom is 0.181 e. The summed E-state index contributed by atoms with van der Waals surface area (Å²) in [6.07, 6.45) is 6.48. The van der Waals surface area contributed by atoms with E-state index < -0.39 is 0 Å². The van der Waals surface area contributed by atoms with Crippen LogP contribution in [0.4, 0.5) is 0 Å². The molecule has 1 saturated carbocycles. The van der Waals surface area contributed by atoms with Crippen LogP contribution in [-0.4, -0.2) is 33.2 Å². The van der Waals surface area contributed by atoms with E-state index in [4.69, 9.17) is 4.98 Å². The van der Waals surface area contributed by atoms with E-state index in [1.165, 1.54) is 50.8 Å². The first-order valence-corrected chi connectivity index (χ1v) is 8.58. The van der Waals surface area contributed by atoms with Gasteiger partial charge in [-0.05, 0) is 57.3 Å². The molecule has 0 amide bonds. The third-order valence-electron chi connectivity index (χ3n) is 5.31. The lowest BCUT2D eigenvalue weighted by Gasteiger charge is -2.24. The van der Waals surface area contributed by atoms with Gasteiger partial charge in [0, 0.05) is 17.5 Å². The van der Waals surface area contributed by atoms with Crippen molar-refractivity contribution in [3.8, 4) is 11.4 Å². The van der Waals surface area contributed by atoms with E-state index in [0.29, 0.717) is 12.0 Å². The molecule has 4 nitrogen and oxygen atoms in total. The molecule has 1 aliphatic carbocycles. The van der Waals surface area contributed by atoms with Crippen molar-refractivity contribution in [1.82, 2.24) is 20.1 Å². The predicted octanol–water partition coefficient (Wildman–Crippen LogP) is 3.90. The van der Waals surface area contributed by atoms with Crippen LogP contribution in [0.15, 0.2) is 24.3 Å². The summed E-state index contributed by atoms with van der Waals surface area (Å²) in [4.78, 5) is 7.29. The topological polar surface area (TPSA) is 44.8 Å². The highest BCUT2D eigenvalue weighted by molar-refractivity contribution is 5.56. The third-order valence-corrected chi connectivity index (χ3v) is 5.31. The molecule has 2 aliphatic rings. The van der Waals surface area contributed by atoms with Gasteiger partial charge in [0.2, 0.25) is 0 Å². The van der Waals surface area contributed by atoms with Gasteiger partial charge in [-0.1, -0.05) is 24.6 Å². The van der Waals surface area contributed by atoms with Crippen molar-refractivity contribution in [2.45, 2.75) is 51.0 Å². The van der Waals surface area contributed by atoms with Crippen LogP contribution in [0.3, 0.4) is 0 Å². The fourth-order valence-corrected chi connectivity index (χ4v) is 3.55. The number of nitrogens with zero attached hydrogens (tertiary/aromatic N) is 3. The van der Waals surface area contributed by atoms with Crippen LogP contribution in [0.2, 0.25) is 0 Å². The van der Waals surface area contributed by atoms with Crippen molar-refractivity contribution in [3.05, 3.63) is 35.7 Å². The Morgan fingerprint density at radius 1 is 1.18 bits per heavy atom. The van der Waals surface area contributed by atoms with Gasteiger partial charge >= 0.3 is 0 Å². The van der Waals surface area contributed by atoms with Crippen LogP contribution in [0.25, 0.3) is 11.4 Å². The minimum absolute atomic E-state index is 0.479. The summed E-state index contributed by atoms with van der Waals surface area (Å²) in [6, 6.07) is 9.22. The Bertz CT molecular complexity index is 638. The van der Waals surface area contributed by atoms with Gasteiger partial charge in [0.15, 0.2) is 5.82 Å². The van der Waals surface area contributed by atoms with Gasteiger partial charge in [-0.2, -0.15) is 5.10 Å². The molecule has 22 heavy (non-hydrogen) atoms. The van der Waals surface area contributed by atoms with Crippen LogP contribution in [0.1, 0.15) is 62.4 Å². The molecule has 1 aromatic carbocycles. The number of aromatic amines is 1. The first-order valence-electron chi connectivity index (χ1n) is 8.58. The third kappa shape index (κ3) is 2.56. The van der Waals surface area contributed by atoms with Crippen molar-refractivity contribution >= 4 is 0 Å². The fraction of sp³-hybridized carbons (Fsp3) is 0.556. The quantitative estimate of drug-likeness (QED) is 0.930. The molecule has 0 spiro atoms. The second-order valence-corrected chi connectivity index (χ2v) is 6.72. The van der Waals surface area contributed by atoms with Gasteiger partial charge < -0.3 is 0 Å². The lowest BCUT2D eigenvalue weighted by molar-refractivity contribution is 0.263. The number of aromatic nitrogens is 3. The number of rotatable bonds is 4. The molecule has 0 radical (unpaired) electrons. The molecule has 2 fully saturated rings. The Labute approximate surface area is 132 Å². The minimum Gasteiger partial charge on any atom is -0.297 e. The Balaban J connectivity index is 1.56. The van der Waals surface area contributed by atoms with Crippen LogP contribution < -0.4 is 0 Å². The molecule has 0 unspecified atom stereocenters. The highest BCUT2D eigenvalue weighted by Crippen LogP contribution is 2.35. The van der Waals surface area contributed by atoms with Crippen molar-refractivity contribution in [2.75, 3.05) is 13.1 Å². The van der Waals surface area contributed by atoms with Crippen LogP contribution >= 0.6 is 0 Å². The van der Waals surface area contributed by atoms with Crippen LogP contribution in [0, 0.1) is 0 Å². The van der Waals surface area contributed by atoms with Gasteiger partial charge in [0.1, 0.15) is 5.82 Å². The zero-order valence-corrected chi connectivity index (χ0v) is 13.3. The molecule has 2 aromatic rings. The number of hydrogen-bond acceptors (Lipinski definition) is 3. The molecule has 2 heterocycles. The predicted molar refractivity (Wildman–Crippen MR) is 87.6 cm³/mol. The van der Waals surface area contributed by atoms with E-state index >= 15 is 0 Å². The van der Waals surface area contributed by atoms with E-state index in [1.807, 2.05) is 0 Å². The van der Waals surface area contributed by atoms with Gasteiger partial charge in [0.05, 0.1) is 0 Å². The molecular formula is C18H24N4. The van der Waals surface area contributed by atoms with E-state index in [2.05, 4.69) is 46.3 Å². The zero-order chi connectivity index (χ0) is 14.9. The summed E-state index contributed by atoms with van der Waals surface area (Å²) < 4.78 is 0. The molecule has 0 bridgehead atoms. The fourth-order valence-electron chi connectivity index (χ4n) is 3.55. The average Bonchev–Trinajstić information content (AvgIpc) is 3.16. The van der Waals surface area contributed by atoms with Crippen molar-refractivity contribution in [1.29, 1.82) is 0 Å². The van der Waals surface area contributed by atoms with Crippen molar-refractivity contribution in [2.24, 2.45) is 0 Å². The lowest BCUT2D eigenvalue weighted by Crippen LogP contribution is -2.23. The molecule has 1 saturated heterocycles. The van der Waals surface area contributed by atoms with Crippen molar-refractivity contribution < 1.29 is 0 Å². The molecule has 1 aromatic heterocycles. The Morgan fingerprint density at radius 3 is 2.73 bits per heavy atom. The first kappa shape index (κ1) is 13.9. The first-order chi connectivity index (χ1) is 10.8. The normalized spacial score (nSPS) is 21.0. The minimum atomic E-state index is 0.479. The smallest absolute Gasteiger partial charge is 0.181 e. The van der Waals surface area contributed by atoms with E-state index in [0.717, 1.165) is 17.2 Å². The summed E-state index contributed by atoms with van der Waals surface area (Å²) >= 11 is 0. The highest BCUT2D eigenvalue weighted by atomic mass is 15.2. The van der Waals surface area contributed by atoms with E-state index in [1.54, 1.807) is 0 Å². The summed E-state index contributed by atoms with van der Waals surface area (Å²) in [5.74, 6) is 2.52. The van der Waals surface area contributed by atoms with Crippen molar-refractivity contribution in [3.63, 3.8) is 0 Å². The summed E-state index contributed by atoms with van der Waals surface area (Å²) in [5.41, 5.74) is 2.50. The monoisotopic (exact) mass is 296 g/mol. The Morgan fingerprint density at radius 2 is 2.00 bits per heavy atom. The Kier molecular flexibility index (Phi) is 3.70. The van der Waals surface area contributed by atoms with E-state index in [-0.39, 0.29) is 0 Å². The summed E-state index contributed by atoms with van der Waals surface area (Å²) in [7, 11) is 0. The molecule has 116 valence electrons.